The van der Waals surface area contributed by atoms with E-state index in [0.29, 0.717) is 11.0 Å². The van der Waals surface area contributed by atoms with Crippen molar-refractivity contribution in [1.82, 2.24) is 0 Å². The Bertz CT molecular complexity index is 1090. The smallest absolute Gasteiger partial charge is 0.422 e. The summed E-state index contributed by atoms with van der Waals surface area (Å²) in [6.45, 7) is 8.87. The largest absolute Gasteiger partial charge is 0.494 e. The lowest BCUT2D eigenvalue weighted by atomic mass is 9.78. The molecule has 1 amide bonds. The number of para-hydroxylation sites is 1. The molecule has 0 spiro atoms. The number of ketones is 1. The van der Waals surface area contributed by atoms with E-state index in [9.17, 15) is 18.4 Å². The van der Waals surface area contributed by atoms with Crippen LogP contribution in [0.25, 0.3) is 0 Å². The van der Waals surface area contributed by atoms with Crippen molar-refractivity contribution in [1.29, 1.82) is 0 Å². The molecule has 2 aromatic carbocycles. The second-order valence-electron chi connectivity index (χ2n) is 9.05. The lowest BCUT2D eigenvalue weighted by Gasteiger charge is -2.34. The standard InChI is InChI=1S/C23H24BF2NO5/c1-14(28)17-10-7-11-18-19(17)30-23(25,26)20(29)27(18)13-15-8-6-9-16(12-15)24-31-21(2,3)22(4,5)32-24/h6-12H,13H2,1-5H3. The molecular weight excluding hydrogens is 419 g/mol. The van der Waals surface area contributed by atoms with Crippen LogP contribution in [0.2, 0.25) is 0 Å². The number of fused-ring (bicyclic) bond motifs is 1. The zero-order valence-electron chi connectivity index (χ0n) is 18.6. The van der Waals surface area contributed by atoms with E-state index in [1.54, 1.807) is 18.2 Å². The number of ether oxygens (including phenoxy) is 1. The third kappa shape index (κ3) is 3.69. The zero-order chi connectivity index (χ0) is 23.5. The van der Waals surface area contributed by atoms with Crippen LogP contribution in [0.15, 0.2) is 42.5 Å². The number of carbonyl (C=O) groups excluding carboxylic acids is 2. The van der Waals surface area contributed by atoms with E-state index < -0.39 is 36.1 Å². The van der Waals surface area contributed by atoms with Gasteiger partial charge in [0.1, 0.15) is 0 Å². The molecule has 4 rings (SSSR count). The van der Waals surface area contributed by atoms with Gasteiger partial charge < -0.3 is 14.0 Å². The van der Waals surface area contributed by atoms with Crippen LogP contribution in [0, 0.1) is 0 Å². The lowest BCUT2D eigenvalue weighted by Crippen LogP contribution is -2.50. The van der Waals surface area contributed by atoms with Gasteiger partial charge in [-0.3, -0.25) is 14.5 Å². The van der Waals surface area contributed by atoms with Gasteiger partial charge in [-0.2, -0.15) is 8.78 Å². The van der Waals surface area contributed by atoms with Gasteiger partial charge in [-0.15, -0.1) is 0 Å². The first-order valence-electron chi connectivity index (χ1n) is 10.3. The Morgan fingerprint density at radius 2 is 1.66 bits per heavy atom. The summed E-state index contributed by atoms with van der Waals surface area (Å²) < 4.78 is 45.6. The van der Waals surface area contributed by atoms with Crippen molar-refractivity contribution in [2.45, 2.75) is 58.5 Å². The number of hydrogen-bond donors (Lipinski definition) is 0. The maximum Gasteiger partial charge on any atom is 0.494 e. The highest BCUT2D eigenvalue weighted by molar-refractivity contribution is 6.62. The van der Waals surface area contributed by atoms with Gasteiger partial charge in [0, 0.05) is 0 Å². The molecule has 1 saturated heterocycles. The van der Waals surface area contributed by atoms with Crippen molar-refractivity contribution in [3.63, 3.8) is 0 Å². The van der Waals surface area contributed by atoms with Crippen LogP contribution in [-0.2, 0) is 20.6 Å². The van der Waals surface area contributed by atoms with E-state index in [0.717, 1.165) is 4.90 Å². The molecule has 2 heterocycles. The molecule has 168 valence electrons. The summed E-state index contributed by atoms with van der Waals surface area (Å²) in [6, 6.07) is 11.5. The molecule has 0 saturated carbocycles. The van der Waals surface area contributed by atoms with Crippen LogP contribution in [0.4, 0.5) is 14.5 Å². The molecule has 2 aliphatic heterocycles. The predicted octanol–water partition coefficient (Wildman–Crippen LogP) is 3.71. The van der Waals surface area contributed by atoms with Gasteiger partial charge in [-0.1, -0.05) is 30.3 Å². The fourth-order valence-corrected chi connectivity index (χ4v) is 3.72. The fraction of sp³-hybridized carbons (Fsp3) is 0.391. The molecule has 0 radical (unpaired) electrons. The van der Waals surface area contributed by atoms with Crippen molar-refractivity contribution in [3.05, 3.63) is 53.6 Å². The summed E-state index contributed by atoms with van der Waals surface area (Å²) in [5.41, 5.74) is 0.365. The summed E-state index contributed by atoms with van der Waals surface area (Å²) in [7, 11) is -0.626. The van der Waals surface area contributed by atoms with Crippen LogP contribution in [0.5, 0.6) is 5.75 Å². The first-order valence-corrected chi connectivity index (χ1v) is 10.3. The average Bonchev–Trinajstić information content (AvgIpc) is 2.92. The number of alkyl halides is 2. The Kier molecular flexibility index (Phi) is 5.17. The molecule has 2 aromatic rings. The average molecular weight is 443 g/mol. The predicted molar refractivity (Wildman–Crippen MR) is 115 cm³/mol. The van der Waals surface area contributed by atoms with Crippen LogP contribution >= 0.6 is 0 Å². The lowest BCUT2D eigenvalue weighted by molar-refractivity contribution is -0.193. The number of Topliss-reactive ketones (excluding diaryl/α,β-unsaturated/α-hetero) is 1. The SMILES string of the molecule is CC(=O)c1cccc2c1OC(F)(F)C(=O)N2Cc1cccc(B2OC(C)(C)C(C)(C)O2)c1. The molecule has 1 fully saturated rings. The third-order valence-corrected chi connectivity index (χ3v) is 6.21. The minimum atomic E-state index is -4.08. The maximum atomic E-state index is 14.4. The minimum absolute atomic E-state index is 0.00866. The first-order chi connectivity index (χ1) is 14.8. The number of nitrogens with zero attached hydrogens (tertiary/aromatic N) is 1. The van der Waals surface area contributed by atoms with E-state index in [-0.39, 0.29) is 23.5 Å². The summed E-state index contributed by atoms with van der Waals surface area (Å²) in [6.07, 6.45) is -4.08. The molecule has 0 N–H and O–H groups in total. The number of halogens is 2. The van der Waals surface area contributed by atoms with Crippen LogP contribution in [0.3, 0.4) is 0 Å². The van der Waals surface area contributed by atoms with Crippen molar-refractivity contribution in [3.8, 4) is 5.75 Å². The van der Waals surface area contributed by atoms with Gasteiger partial charge in [0.15, 0.2) is 11.5 Å². The normalized spacial score (nSPS) is 20.7. The Morgan fingerprint density at radius 3 is 2.28 bits per heavy atom. The summed E-state index contributed by atoms with van der Waals surface area (Å²) in [5, 5.41) is 0. The van der Waals surface area contributed by atoms with Gasteiger partial charge >= 0.3 is 19.1 Å². The Morgan fingerprint density at radius 1 is 1.03 bits per heavy atom. The van der Waals surface area contributed by atoms with E-state index in [1.807, 2.05) is 33.8 Å². The quantitative estimate of drug-likeness (QED) is 0.533. The third-order valence-electron chi connectivity index (χ3n) is 6.21. The number of anilines is 1. The summed E-state index contributed by atoms with van der Waals surface area (Å²) >= 11 is 0. The molecule has 0 aliphatic carbocycles. The van der Waals surface area contributed by atoms with Gasteiger partial charge in [-0.05, 0) is 57.8 Å². The highest BCUT2D eigenvalue weighted by Gasteiger charge is 2.53. The summed E-state index contributed by atoms with van der Waals surface area (Å²) in [4.78, 5) is 25.4. The highest BCUT2D eigenvalue weighted by Crippen LogP contribution is 2.42. The van der Waals surface area contributed by atoms with Crippen molar-refractivity contribution in [2.75, 3.05) is 4.90 Å². The van der Waals surface area contributed by atoms with Gasteiger partial charge in [-0.25, -0.2) is 0 Å². The number of benzene rings is 2. The highest BCUT2D eigenvalue weighted by atomic mass is 19.3. The van der Waals surface area contributed by atoms with Gasteiger partial charge in [0.05, 0.1) is 29.0 Å². The fourth-order valence-electron chi connectivity index (χ4n) is 3.72. The molecular formula is C23H24BF2NO5. The molecule has 2 aliphatic rings. The molecule has 9 heteroatoms. The van der Waals surface area contributed by atoms with Crippen molar-refractivity contribution >= 4 is 30.0 Å². The number of amides is 1. The summed E-state index contributed by atoms with van der Waals surface area (Å²) in [5.74, 6) is -2.23. The maximum absolute atomic E-state index is 14.4. The van der Waals surface area contributed by atoms with Gasteiger partial charge in [0.2, 0.25) is 0 Å². The molecule has 0 aromatic heterocycles. The topological polar surface area (TPSA) is 65.1 Å². The second-order valence-corrected chi connectivity index (χ2v) is 9.05. The van der Waals surface area contributed by atoms with Crippen LogP contribution in [0.1, 0.15) is 50.5 Å². The molecule has 0 atom stereocenters. The second kappa shape index (κ2) is 7.38. The van der Waals surface area contributed by atoms with E-state index in [4.69, 9.17) is 9.31 Å². The monoisotopic (exact) mass is 443 g/mol. The molecule has 6 nitrogen and oxygen atoms in total. The number of hydrogen-bond acceptors (Lipinski definition) is 5. The number of rotatable bonds is 4. The minimum Gasteiger partial charge on any atom is -0.422 e. The Hall–Kier alpha value is -2.78. The van der Waals surface area contributed by atoms with Crippen LogP contribution in [-0.4, -0.2) is 36.1 Å². The molecule has 0 unspecified atom stereocenters. The zero-order valence-corrected chi connectivity index (χ0v) is 18.6. The van der Waals surface area contributed by atoms with Crippen LogP contribution < -0.4 is 15.1 Å². The Balaban J connectivity index is 1.68. The molecule has 0 bridgehead atoms. The van der Waals surface area contributed by atoms with Gasteiger partial charge in [0.25, 0.3) is 0 Å². The van der Waals surface area contributed by atoms with E-state index in [1.165, 1.54) is 25.1 Å². The Labute approximate surface area is 185 Å². The number of carbonyl (C=O) groups is 2. The molecule has 32 heavy (non-hydrogen) atoms. The van der Waals surface area contributed by atoms with Crippen molar-refractivity contribution in [2.24, 2.45) is 0 Å². The van der Waals surface area contributed by atoms with Crippen molar-refractivity contribution < 1.29 is 32.4 Å². The van der Waals surface area contributed by atoms with E-state index in [2.05, 4.69) is 4.74 Å². The van der Waals surface area contributed by atoms with E-state index >= 15 is 0 Å². The first kappa shape index (κ1) is 22.4.